The van der Waals surface area contributed by atoms with E-state index in [1.165, 1.54) is 16.2 Å². The minimum atomic E-state index is -1.01. The SMILES string of the molecule is O=C(Nc1ccc(NC(=O)[C@H]2CCCN(C(=O)O)C2)cc1)c1csc(-c2ccnn2C2CCCCO2)n1. The summed E-state index contributed by atoms with van der Waals surface area (Å²) in [6, 6.07) is 8.65. The molecule has 2 aliphatic heterocycles. The van der Waals surface area contributed by atoms with Crippen LogP contribution in [0, 0.1) is 5.92 Å². The molecule has 2 saturated heterocycles. The van der Waals surface area contributed by atoms with Crippen LogP contribution in [0.4, 0.5) is 16.2 Å². The zero-order valence-electron chi connectivity index (χ0n) is 20.1. The molecule has 12 heteroatoms. The second-order valence-corrected chi connectivity index (χ2v) is 9.97. The molecule has 0 saturated carbocycles. The van der Waals surface area contributed by atoms with Gasteiger partial charge in [0, 0.05) is 42.6 Å². The molecule has 2 fully saturated rings. The van der Waals surface area contributed by atoms with Crippen LogP contribution in [-0.4, -0.2) is 62.4 Å². The predicted molar refractivity (Wildman–Crippen MR) is 138 cm³/mol. The normalized spacial score (nSPS) is 19.8. The lowest BCUT2D eigenvalue weighted by molar-refractivity contribution is -0.121. The van der Waals surface area contributed by atoms with Crippen molar-refractivity contribution in [3.63, 3.8) is 0 Å². The molecule has 4 heterocycles. The van der Waals surface area contributed by atoms with Crippen molar-refractivity contribution < 1.29 is 24.2 Å². The first-order chi connectivity index (χ1) is 18.0. The van der Waals surface area contributed by atoms with E-state index >= 15 is 0 Å². The number of amides is 3. The van der Waals surface area contributed by atoms with Gasteiger partial charge in [0.1, 0.15) is 10.7 Å². The Kier molecular flexibility index (Phi) is 7.47. The monoisotopic (exact) mass is 524 g/mol. The van der Waals surface area contributed by atoms with Crippen molar-refractivity contribution in [1.29, 1.82) is 0 Å². The van der Waals surface area contributed by atoms with Crippen LogP contribution in [0.25, 0.3) is 10.7 Å². The number of hydrogen-bond acceptors (Lipinski definition) is 7. The van der Waals surface area contributed by atoms with E-state index in [2.05, 4.69) is 20.7 Å². The molecule has 2 aliphatic rings. The number of carbonyl (C=O) groups excluding carboxylic acids is 2. The maximum absolute atomic E-state index is 12.8. The summed E-state index contributed by atoms with van der Waals surface area (Å²) >= 11 is 1.37. The summed E-state index contributed by atoms with van der Waals surface area (Å²) in [4.78, 5) is 42.4. The lowest BCUT2D eigenvalue weighted by atomic mass is 9.97. The number of rotatable bonds is 6. The summed E-state index contributed by atoms with van der Waals surface area (Å²) in [5, 5.41) is 21.7. The largest absolute Gasteiger partial charge is 0.465 e. The fraction of sp³-hybridized carbons (Fsp3) is 0.400. The smallest absolute Gasteiger partial charge is 0.407 e. The summed E-state index contributed by atoms with van der Waals surface area (Å²) < 4.78 is 7.68. The second kappa shape index (κ2) is 11.1. The Bertz CT molecular complexity index is 1270. The number of piperidine rings is 1. The molecular weight excluding hydrogens is 496 g/mol. The quantitative estimate of drug-likeness (QED) is 0.437. The van der Waals surface area contributed by atoms with E-state index in [4.69, 9.17) is 4.74 Å². The molecule has 194 valence electrons. The van der Waals surface area contributed by atoms with Gasteiger partial charge < -0.3 is 25.4 Å². The number of nitrogens with zero attached hydrogens (tertiary/aromatic N) is 4. The molecule has 0 spiro atoms. The van der Waals surface area contributed by atoms with E-state index in [0.717, 1.165) is 25.0 Å². The van der Waals surface area contributed by atoms with Gasteiger partial charge in [0.15, 0.2) is 6.23 Å². The van der Waals surface area contributed by atoms with Crippen molar-refractivity contribution in [3.05, 3.63) is 47.6 Å². The molecule has 11 nitrogen and oxygen atoms in total. The number of nitrogens with one attached hydrogen (secondary N) is 2. The van der Waals surface area contributed by atoms with E-state index in [0.29, 0.717) is 48.1 Å². The Morgan fingerprint density at radius 3 is 2.54 bits per heavy atom. The molecule has 3 N–H and O–H groups in total. The third-order valence-electron chi connectivity index (χ3n) is 6.53. The van der Waals surface area contributed by atoms with Crippen molar-refractivity contribution in [3.8, 4) is 10.7 Å². The third kappa shape index (κ3) is 5.81. The maximum atomic E-state index is 12.8. The van der Waals surface area contributed by atoms with E-state index in [-0.39, 0.29) is 30.5 Å². The Morgan fingerprint density at radius 1 is 1.03 bits per heavy atom. The minimum Gasteiger partial charge on any atom is -0.465 e. The number of aromatic nitrogens is 3. The summed E-state index contributed by atoms with van der Waals surface area (Å²) in [5.41, 5.74) is 2.26. The lowest BCUT2D eigenvalue weighted by Crippen LogP contribution is -2.43. The van der Waals surface area contributed by atoms with E-state index in [1.54, 1.807) is 35.8 Å². The van der Waals surface area contributed by atoms with E-state index in [9.17, 15) is 19.5 Å². The molecule has 0 aliphatic carbocycles. The molecule has 2 aromatic heterocycles. The van der Waals surface area contributed by atoms with Crippen LogP contribution in [0.5, 0.6) is 0 Å². The Morgan fingerprint density at radius 2 is 1.81 bits per heavy atom. The maximum Gasteiger partial charge on any atom is 0.407 e. The molecule has 3 amide bonds. The number of carbonyl (C=O) groups is 3. The number of hydrogen-bond donors (Lipinski definition) is 3. The van der Waals surface area contributed by atoms with Gasteiger partial charge in [-0.05, 0) is 62.4 Å². The van der Waals surface area contributed by atoms with Gasteiger partial charge in [0.05, 0.1) is 11.6 Å². The first-order valence-corrected chi connectivity index (χ1v) is 13.2. The molecule has 3 aromatic rings. The Hall–Kier alpha value is -3.77. The predicted octanol–water partition coefficient (Wildman–Crippen LogP) is 4.29. The highest BCUT2D eigenvalue weighted by Gasteiger charge is 2.28. The van der Waals surface area contributed by atoms with Gasteiger partial charge in [-0.2, -0.15) is 5.10 Å². The zero-order chi connectivity index (χ0) is 25.8. The topological polar surface area (TPSA) is 139 Å². The Balaban J connectivity index is 1.18. The Labute approximate surface area is 217 Å². The van der Waals surface area contributed by atoms with E-state index in [1.807, 2.05) is 10.7 Å². The first-order valence-electron chi connectivity index (χ1n) is 12.3. The summed E-state index contributed by atoms with van der Waals surface area (Å²) in [5.74, 6) is -0.935. The fourth-order valence-corrected chi connectivity index (χ4v) is 5.38. The first kappa shape index (κ1) is 24.9. The fourth-order valence-electron chi connectivity index (χ4n) is 4.57. The van der Waals surface area contributed by atoms with Crippen molar-refractivity contribution in [2.24, 2.45) is 5.92 Å². The van der Waals surface area contributed by atoms with Crippen molar-refractivity contribution in [2.75, 3.05) is 30.3 Å². The number of thiazole rings is 1. The van der Waals surface area contributed by atoms with Crippen LogP contribution in [0.15, 0.2) is 41.9 Å². The highest BCUT2D eigenvalue weighted by Crippen LogP contribution is 2.30. The standard InChI is InChI=1S/C25H28N6O5S/c32-22(16-4-3-12-30(14-16)25(34)35)27-17-6-8-18(9-7-17)28-23(33)19-15-37-24(29-19)20-10-11-26-31(20)21-5-1-2-13-36-21/h6-11,15-16,21H,1-5,12-14H2,(H,27,32)(H,28,33)(H,34,35)/t16-,21?/m0/s1. The molecule has 2 atom stereocenters. The number of anilines is 2. The second-order valence-electron chi connectivity index (χ2n) is 9.11. The number of likely N-dealkylation sites (tertiary alicyclic amines) is 1. The third-order valence-corrected chi connectivity index (χ3v) is 7.39. The van der Waals surface area contributed by atoms with Gasteiger partial charge >= 0.3 is 6.09 Å². The molecular formula is C25H28N6O5S. The number of benzene rings is 1. The summed E-state index contributed by atoms with van der Waals surface area (Å²) in [6.07, 6.45) is 4.92. The molecule has 0 bridgehead atoms. The molecule has 37 heavy (non-hydrogen) atoms. The van der Waals surface area contributed by atoms with Crippen LogP contribution in [-0.2, 0) is 9.53 Å². The van der Waals surface area contributed by atoms with Crippen molar-refractivity contribution >= 4 is 40.6 Å². The van der Waals surface area contributed by atoms with Crippen LogP contribution in [0.1, 0.15) is 48.8 Å². The van der Waals surface area contributed by atoms with Crippen molar-refractivity contribution in [2.45, 2.75) is 38.3 Å². The van der Waals surface area contributed by atoms with Gasteiger partial charge in [0.25, 0.3) is 5.91 Å². The summed E-state index contributed by atoms with van der Waals surface area (Å²) in [7, 11) is 0. The zero-order valence-corrected chi connectivity index (χ0v) is 20.9. The number of carboxylic acid groups (broad SMARTS) is 1. The molecule has 0 radical (unpaired) electrons. The molecule has 1 aromatic carbocycles. The van der Waals surface area contributed by atoms with Gasteiger partial charge in [-0.1, -0.05) is 0 Å². The lowest BCUT2D eigenvalue weighted by Gasteiger charge is -2.29. The van der Waals surface area contributed by atoms with Crippen LogP contribution in [0.2, 0.25) is 0 Å². The van der Waals surface area contributed by atoms with Gasteiger partial charge in [-0.3, -0.25) is 9.59 Å². The summed E-state index contributed by atoms with van der Waals surface area (Å²) in [6.45, 7) is 1.35. The number of ether oxygens (including phenoxy) is 1. The van der Waals surface area contributed by atoms with Gasteiger partial charge in [0.2, 0.25) is 5.91 Å². The van der Waals surface area contributed by atoms with Gasteiger partial charge in [-0.25, -0.2) is 14.5 Å². The molecule has 5 rings (SSSR count). The van der Waals surface area contributed by atoms with Gasteiger partial charge in [-0.15, -0.1) is 11.3 Å². The van der Waals surface area contributed by atoms with Crippen LogP contribution >= 0.6 is 11.3 Å². The average molecular weight is 525 g/mol. The van der Waals surface area contributed by atoms with E-state index < -0.39 is 6.09 Å². The minimum absolute atomic E-state index is 0.117. The highest BCUT2D eigenvalue weighted by molar-refractivity contribution is 7.13. The van der Waals surface area contributed by atoms with Crippen LogP contribution in [0.3, 0.4) is 0 Å². The molecule has 1 unspecified atom stereocenters. The van der Waals surface area contributed by atoms with Crippen LogP contribution < -0.4 is 10.6 Å². The van der Waals surface area contributed by atoms with Crippen molar-refractivity contribution in [1.82, 2.24) is 19.7 Å². The average Bonchev–Trinajstić information content (AvgIpc) is 3.60. The highest BCUT2D eigenvalue weighted by atomic mass is 32.1.